The van der Waals surface area contributed by atoms with Gasteiger partial charge in [0.25, 0.3) is 0 Å². The van der Waals surface area contributed by atoms with Gasteiger partial charge in [-0.2, -0.15) is 0 Å². The molecule has 0 aliphatic carbocycles. The monoisotopic (exact) mass is 323 g/mol. The van der Waals surface area contributed by atoms with E-state index < -0.39 is 0 Å². The number of nitrogens with zero attached hydrogens (tertiary/aromatic N) is 7. The van der Waals surface area contributed by atoms with E-state index in [9.17, 15) is 0 Å². The third-order valence-corrected chi connectivity index (χ3v) is 4.36. The molecule has 7 nitrogen and oxygen atoms in total. The Balaban J connectivity index is 1.54. The summed E-state index contributed by atoms with van der Waals surface area (Å²) in [7, 11) is 0. The number of imidazole rings is 1. The Morgan fingerprint density at radius 3 is 2.96 bits per heavy atom. The van der Waals surface area contributed by atoms with Gasteiger partial charge in [-0.1, -0.05) is 11.3 Å². The van der Waals surface area contributed by atoms with Crippen LogP contribution in [0, 0.1) is 6.92 Å². The summed E-state index contributed by atoms with van der Waals surface area (Å²) >= 11 is 0. The van der Waals surface area contributed by atoms with Crippen molar-refractivity contribution in [1.29, 1.82) is 0 Å². The van der Waals surface area contributed by atoms with Crippen LogP contribution in [-0.2, 0) is 26.2 Å². The lowest BCUT2D eigenvalue weighted by molar-refractivity contribution is 0.257. The third-order valence-electron chi connectivity index (χ3n) is 4.36. The summed E-state index contributed by atoms with van der Waals surface area (Å²) < 4.78 is 4.08. The van der Waals surface area contributed by atoms with Crippen molar-refractivity contribution in [3.05, 3.63) is 59.7 Å². The van der Waals surface area contributed by atoms with Crippen molar-refractivity contribution in [2.45, 2.75) is 39.5 Å². The summed E-state index contributed by atoms with van der Waals surface area (Å²) in [5.41, 5.74) is 4.41. The van der Waals surface area contributed by atoms with Gasteiger partial charge in [-0.15, -0.1) is 5.10 Å². The average Bonchev–Trinajstić information content (AvgIpc) is 3.15. The molecule has 0 aromatic carbocycles. The number of fused-ring (bicyclic) bond motifs is 1. The molecule has 4 heterocycles. The van der Waals surface area contributed by atoms with Gasteiger partial charge in [0.05, 0.1) is 24.3 Å². The van der Waals surface area contributed by atoms with Crippen LogP contribution in [0.25, 0.3) is 0 Å². The molecule has 4 rings (SSSR count). The molecule has 3 aromatic rings. The predicted octanol–water partition coefficient (Wildman–Crippen LogP) is 1.63. The van der Waals surface area contributed by atoms with Gasteiger partial charge < -0.3 is 4.57 Å². The first-order chi connectivity index (χ1) is 11.8. The smallest absolute Gasteiger partial charge is 0.107 e. The maximum atomic E-state index is 4.63. The quantitative estimate of drug-likeness (QED) is 0.730. The molecular formula is C17H21N7. The van der Waals surface area contributed by atoms with E-state index in [-0.39, 0.29) is 0 Å². The van der Waals surface area contributed by atoms with Crippen LogP contribution in [0.3, 0.4) is 0 Å². The van der Waals surface area contributed by atoms with Crippen LogP contribution in [0.5, 0.6) is 0 Å². The highest BCUT2D eigenvalue weighted by Gasteiger charge is 2.20. The van der Waals surface area contributed by atoms with Gasteiger partial charge in [-0.3, -0.25) is 9.88 Å². The number of aryl methyl sites for hydroxylation is 2. The molecule has 0 unspecified atom stereocenters. The van der Waals surface area contributed by atoms with Gasteiger partial charge >= 0.3 is 0 Å². The molecule has 0 N–H and O–H groups in total. The van der Waals surface area contributed by atoms with Crippen molar-refractivity contribution in [3.8, 4) is 0 Å². The van der Waals surface area contributed by atoms with E-state index in [0.29, 0.717) is 6.54 Å². The van der Waals surface area contributed by atoms with Crippen LogP contribution in [0.4, 0.5) is 0 Å². The minimum atomic E-state index is 0.714. The summed E-state index contributed by atoms with van der Waals surface area (Å²) in [5.74, 6) is 0. The Hall–Kier alpha value is -2.54. The number of rotatable bonds is 4. The van der Waals surface area contributed by atoms with Gasteiger partial charge in [-0.25, -0.2) is 9.67 Å². The zero-order valence-electron chi connectivity index (χ0n) is 13.8. The Bertz CT molecular complexity index is 806. The number of hydrogen-bond acceptors (Lipinski definition) is 5. The van der Waals surface area contributed by atoms with Gasteiger partial charge in [0, 0.05) is 44.3 Å². The van der Waals surface area contributed by atoms with Gasteiger partial charge in [0.15, 0.2) is 0 Å². The van der Waals surface area contributed by atoms with Crippen molar-refractivity contribution in [2.24, 2.45) is 0 Å². The van der Waals surface area contributed by atoms with E-state index in [4.69, 9.17) is 0 Å². The molecule has 3 aromatic heterocycles. The zero-order valence-corrected chi connectivity index (χ0v) is 13.8. The molecule has 0 saturated carbocycles. The molecule has 0 atom stereocenters. The highest BCUT2D eigenvalue weighted by atomic mass is 15.4. The Labute approximate surface area is 141 Å². The fourth-order valence-corrected chi connectivity index (χ4v) is 3.18. The number of pyridine rings is 1. The predicted molar refractivity (Wildman–Crippen MR) is 89.1 cm³/mol. The molecule has 0 radical (unpaired) electrons. The molecule has 0 fully saturated rings. The van der Waals surface area contributed by atoms with Gasteiger partial charge in [0.1, 0.15) is 5.69 Å². The molecule has 1 aliphatic heterocycles. The average molecular weight is 323 g/mol. The normalized spacial score (nSPS) is 15.2. The summed E-state index contributed by atoms with van der Waals surface area (Å²) in [6.07, 6.45) is 6.64. The van der Waals surface area contributed by atoms with Crippen LogP contribution >= 0.6 is 0 Å². The fourth-order valence-electron chi connectivity index (χ4n) is 3.18. The molecule has 0 spiro atoms. The lowest BCUT2D eigenvalue weighted by Gasteiger charge is -2.19. The van der Waals surface area contributed by atoms with Gasteiger partial charge in [0.2, 0.25) is 0 Å². The summed E-state index contributed by atoms with van der Waals surface area (Å²) in [4.78, 5) is 11.2. The molecular weight excluding hydrogens is 302 g/mol. The van der Waals surface area contributed by atoms with E-state index in [1.165, 1.54) is 5.69 Å². The second-order valence-corrected chi connectivity index (χ2v) is 6.28. The molecule has 24 heavy (non-hydrogen) atoms. The van der Waals surface area contributed by atoms with E-state index >= 15 is 0 Å². The number of aromatic nitrogens is 6. The van der Waals surface area contributed by atoms with Gasteiger partial charge in [-0.05, 0) is 25.5 Å². The standard InChI is InChI=1S/C17H21N7/c1-14-4-2-5-15(19-14)10-22-7-3-8-24-17(12-22)16(20-21-24)11-23-9-6-18-13-23/h2,4-6,9,13H,3,7-8,10-12H2,1H3. The van der Waals surface area contributed by atoms with Crippen LogP contribution < -0.4 is 0 Å². The maximum absolute atomic E-state index is 4.63. The minimum absolute atomic E-state index is 0.714. The lowest BCUT2D eigenvalue weighted by Crippen LogP contribution is -2.24. The first kappa shape index (κ1) is 15.0. The summed E-state index contributed by atoms with van der Waals surface area (Å²) in [5, 5.41) is 8.74. The molecule has 124 valence electrons. The Morgan fingerprint density at radius 1 is 1.17 bits per heavy atom. The summed E-state index contributed by atoms with van der Waals surface area (Å²) in [6, 6.07) is 6.21. The summed E-state index contributed by atoms with van der Waals surface area (Å²) in [6.45, 7) is 6.43. The topological polar surface area (TPSA) is 64.7 Å². The zero-order chi connectivity index (χ0) is 16.4. The van der Waals surface area contributed by atoms with E-state index in [1.807, 2.05) is 30.1 Å². The Kier molecular flexibility index (Phi) is 4.08. The first-order valence-electron chi connectivity index (χ1n) is 8.30. The molecule has 7 heteroatoms. The van der Waals surface area contributed by atoms with Crippen LogP contribution in [0.15, 0.2) is 36.9 Å². The molecule has 1 aliphatic rings. The second-order valence-electron chi connectivity index (χ2n) is 6.28. The first-order valence-corrected chi connectivity index (χ1v) is 8.30. The van der Waals surface area contributed by atoms with Crippen LogP contribution in [0.1, 0.15) is 29.2 Å². The molecule has 0 bridgehead atoms. The van der Waals surface area contributed by atoms with E-state index in [1.54, 1.807) is 6.20 Å². The second kappa shape index (κ2) is 6.52. The van der Waals surface area contributed by atoms with Crippen molar-refractivity contribution >= 4 is 0 Å². The Morgan fingerprint density at radius 2 is 2.12 bits per heavy atom. The maximum Gasteiger partial charge on any atom is 0.107 e. The van der Waals surface area contributed by atoms with Crippen molar-refractivity contribution in [3.63, 3.8) is 0 Å². The van der Waals surface area contributed by atoms with Crippen LogP contribution in [-0.4, -0.2) is 41.0 Å². The highest BCUT2D eigenvalue weighted by molar-refractivity contribution is 5.13. The molecule has 0 saturated heterocycles. The number of hydrogen-bond donors (Lipinski definition) is 0. The van der Waals surface area contributed by atoms with E-state index in [0.717, 1.165) is 49.7 Å². The highest BCUT2D eigenvalue weighted by Crippen LogP contribution is 2.17. The largest absolute Gasteiger partial charge is 0.331 e. The third kappa shape index (κ3) is 3.21. The lowest BCUT2D eigenvalue weighted by atomic mass is 10.2. The van der Waals surface area contributed by atoms with E-state index in [2.05, 4.69) is 42.0 Å². The van der Waals surface area contributed by atoms with Crippen molar-refractivity contribution in [1.82, 2.24) is 34.4 Å². The SMILES string of the molecule is Cc1cccc(CN2CCCn3nnc(Cn4ccnc4)c3C2)n1. The van der Waals surface area contributed by atoms with Crippen LogP contribution in [0.2, 0.25) is 0 Å². The molecule has 0 amide bonds. The minimum Gasteiger partial charge on any atom is -0.331 e. The fraction of sp³-hybridized carbons (Fsp3) is 0.412. The van der Waals surface area contributed by atoms with Crippen molar-refractivity contribution in [2.75, 3.05) is 6.54 Å². The van der Waals surface area contributed by atoms with Crippen molar-refractivity contribution < 1.29 is 0 Å².